The molecule has 24 heavy (non-hydrogen) atoms. The second-order valence-corrected chi connectivity index (χ2v) is 5.68. The maximum absolute atomic E-state index is 13.8. The number of carbonyl (C=O) groups excluding carboxylic acids is 1. The zero-order valence-electron chi connectivity index (χ0n) is 13.1. The van der Waals surface area contributed by atoms with Crippen LogP contribution < -0.4 is 10.1 Å². The van der Waals surface area contributed by atoms with Gasteiger partial charge in [-0.1, -0.05) is 13.8 Å². The highest BCUT2D eigenvalue weighted by Crippen LogP contribution is 2.21. The second kappa shape index (κ2) is 7.29. The van der Waals surface area contributed by atoms with Crippen molar-refractivity contribution < 1.29 is 22.7 Å². The number of alkyl halides is 2. The Morgan fingerprint density at radius 1 is 1.33 bits per heavy atom. The fourth-order valence-electron chi connectivity index (χ4n) is 1.99. The number of halogens is 3. The van der Waals surface area contributed by atoms with Crippen molar-refractivity contribution in [2.45, 2.75) is 25.9 Å². The summed E-state index contributed by atoms with van der Waals surface area (Å²) < 4.78 is 42.4. The van der Waals surface area contributed by atoms with Crippen molar-refractivity contribution in [1.82, 2.24) is 15.3 Å². The largest absolute Gasteiger partial charge is 0.435 e. The van der Waals surface area contributed by atoms with E-state index in [4.69, 9.17) is 0 Å². The van der Waals surface area contributed by atoms with Crippen LogP contribution >= 0.6 is 0 Å². The Kier molecular flexibility index (Phi) is 5.38. The average Bonchev–Trinajstić information content (AvgIpc) is 2.55. The van der Waals surface area contributed by atoms with E-state index in [1.54, 1.807) is 6.20 Å². The number of hydrogen-bond acceptors (Lipinski definition) is 4. The van der Waals surface area contributed by atoms with Gasteiger partial charge < -0.3 is 10.1 Å². The van der Waals surface area contributed by atoms with Crippen LogP contribution in [-0.2, 0) is 5.41 Å². The first-order valence-corrected chi connectivity index (χ1v) is 7.08. The van der Waals surface area contributed by atoms with Gasteiger partial charge in [-0.3, -0.25) is 14.8 Å². The lowest BCUT2D eigenvalue weighted by molar-refractivity contribution is -0.0499. The summed E-state index contributed by atoms with van der Waals surface area (Å²) >= 11 is 0. The molecular weight excluding hydrogens is 323 g/mol. The van der Waals surface area contributed by atoms with Crippen LogP contribution in [0.15, 0.2) is 36.8 Å². The van der Waals surface area contributed by atoms with Gasteiger partial charge in [-0.15, -0.1) is 0 Å². The molecule has 1 aromatic carbocycles. The second-order valence-electron chi connectivity index (χ2n) is 5.68. The van der Waals surface area contributed by atoms with Crippen LogP contribution in [0.3, 0.4) is 0 Å². The van der Waals surface area contributed by atoms with Gasteiger partial charge in [-0.25, -0.2) is 4.39 Å². The Labute approximate surface area is 136 Å². The fraction of sp³-hybridized carbons (Fsp3) is 0.312. The maximum Gasteiger partial charge on any atom is 0.387 e. The van der Waals surface area contributed by atoms with Gasteiger partial charge in [-0.05, 0) is 18.2 Å². The zero-order chi connectivity index (χ0) is 17.7. The normalized spacial score (nSPS) is 11.4. The third-order valence-corrected chi connectivity index (χ3v) is 3.36. The highest BCUT2D eigenvalue weighted by Gasteiger charge is 2.24. The molecule has 1 heterocycles. The van der Waals surface area contributed by atoms with Crippen LogP contribution in [0.5, 0.6) is 5.75 Å². The van der Waals surface area contributed by atoms with Crippen molar-refractivity contribution in [3.05, 3.63) is 53.9 Å². The summed E-state index contributed by atoms with van der Waals surface area (Å²) in [7, 11) is 0. The molecule has 2 aromatic rings. The van der Waals surface area contributed by atoms with Crippen LogP contribution in [-0.4, -0.2) is 29.0 Å². The number of benzene rings is 1. The minimum Gasteiger partial charge on any atom is -0.435 e. The van der Waals surface area contributed by atoms with Crippen molar-refractivity contribution in [2.75, 3.05) is 6.54 Å². The van der Waals surface area contributed by atoms with Gasteiger partial charge in [0.25, 0.3) is 5.91 Å². The number of nitrogens with one attached hydrogen (secondary N) is 1. The molecule has 1 N–H and O–H groups in total. The number of aromatic nitrogens is 2. The van der Waals surface area contributed by atoms with E-state index in [1.807, 2.05) is 13.8 Å². The molecule has 0 saturated heterocycles. The third-order valence-electron chi connectivity index (χ3n) is 3.36. The van der Waals surface area contributed by atoms with E-state index in [2.05, 4.69) is 20.0 Å². The first kappa shape index (κ1) is 17.7. The van der Waals surface area contributed by atoms with Crippen molar-refractivity contribution in [3.8, 4) is 5.75 Å². The van der Waals surface area contributed by atoms with E-state index in [9.17, 15) is 18.0 Å². The van der Waals surface area contributed by atoms with Crippen molar-refractivity contribution in [3.63, 3.8) is 0 Å². The summed E-state index contributed by atoms with van der Waals surface area (Å²) in [6.07, 6.45) is 4.63. The third kappa shape index (κ3) is 4.43. The molecule has 2 rings (SSSR count). The molecule has 0 atom stereocenters. The fourth-order valence-corrected chi connectivity index (χ4v) is 1.99. The zero-order valence-corrected chi connectivity index (χ0v) is 13.1. The monoisotopic (exact) mass is 339 g/mol. The Morgan fingerprint density at radius 2 is 2.08 bits per heavy atom. The summed E-state index contributed by atoms with van der Waals surface area (Å²) in [5.74, 6) is -1.85. The van der Waals surface area contributed by atoms with Gasteiger partial charge in [0.05, 0.1) is 11.3 Å². The van der Waals surface area contributed by atoms with Crippen LogP contribution in [0.2, 0.25) is 0 Å². The summed E-state index contributed by atoms with van der Waals surface area (Å²) in [6, 6.07) is 2.87. The van der Waals surface area contributed by atoms with Crippen molar-refractivity contribution >= 4 is 5.91 Å². The van der Waals surface area contributed by atoms with Crippen molar-refractivity contribution in [2.24, 2.45) is 0 Å². The highest BCUT2D eigenvalue weighted by atomic mass is 19.3. The number of carbonyl (C=O) groups is 1. The van der Waals surface area contributed by atoms with Crippen LogP contribution in [0.25, 0.3) is 0 Å². The molecule has 0 radical (unpaired) electrons. The van der Waals surface area contributed by atoms with Gasteiger partial charge in [0.2, 0.25) is 0 Å². The quantitative estimate of drug-likeness (QED) is 0.879. The van der Waals surface area contributed by atoms with Gasteiger partial charge in [-0.2, -0.15) is 8.78 Å². The number of ether oxygens (including phenoxy) is 1. The molecule has 0 spiro atoms. The molecule has 1 aromatic heterocycles. The summed E-state index contributed by atoms with van der Waals surface area (Å²) in [4.78, 5) is 20.3. The predicted octanol–water partition coefficient (Wildman–Crippen LogP) is 2.92. The molecule has 0 bridgehead atoms. The molecule has 1 amide bonds. The predicted molar refractivity (Wildman–Crippen MR) is 80.4 cm³/mol. The summed E-state index contributed by atoms with van der Waals surface area (Å²) in [5, 5.41) is 2.57. The lowest BCUT2D eigenvalue weighted by atomic mass is 9.89. The average molecular weight is 339 g/mol. The first-order valence-electron chi connectivity index (χ1n) is 7.08. The van der Waals surface area contributed by atoms with E-state index in [1.165, 1.54) is 12.4 Å². The lowest BCUT2D eigenvalue weighted by Crippen LogP contribution is -2.37. The van der Waals surface area contributed by atoms with Crippen LogP contribution in [0, 0.1) is 5.82 Å². The Hall–Kier alpha value is -2.64. The molecule has 8 heteroatoms. The molecule has 0 saturated carbocycles. The topological polar surface area (TPSA) is 64.1 Å². The standard InChI is InChI=1S/C16H16F3N3O2/c1-16(2,13-8-20-5-6-21-13)9-22-14(23)11-7-10(24-15(18)19)3-4-12(11)17/h3-8,15H,9H2,1-2H3,(H,22,23). The molecule has 0 aliphatic rings. The first-order chi connectivity index (χ1) is 11.3. The molecule has 5 nitrogen and oxygen atoms in total. The highest BCUT2D eigenvalue weighted by molar-refractivity contribution is 5.94. The van der Waals surface area contributed by atoms with Gasteiger partial charge >= 0.3 is 6.61 Å². The minimum absolute atomic E-state index is 0.157. The Balaban J connectivity index is 2.10. The number of nitrogens with zero attached hydrogens (tertiary/aromatic N) is 2. The lowest BCUT2D eigenvalue weighted by Gasteiger charge is -2.24. The van der Waals surface area contributed by atoms with E-state index >= 15 is 0 Å². The Bertz CT molecular complexity index is 709. The van der Waals surface area contributed by atoms with Crippen LogP contribution in [0.1, 0.15) is 29.9 Å². The number of hydrogen-bond donors (Lipinski definition) is 1. The van der Waals surface area contributed by atoms with Gasteiger partial charge in [0, 0.05) is 30.6 Å². The molecule has 0 aliphatic heterocycles. The molecular formula is C16H16F3N3O2. The van der Waals surface area contributed by atoms with E-state index in [-0.39, 0.29) is 17.9 Å². The minimum atomic E-state index is -3.05. The van der Waals surface area contributed by atoms with E-state index in [0.29, 0.717) is 5.69 Å². The summed E-state index contributed by atoms with van der Waals surface area (Å²) in [5.41, 5.74) is -0.263. The van der Waals surface area contributed by atoms with Gasteiger partial charge in [0.15, 0.2) is 0 Å². The SMILES string of the molecule is CC(C)(CNC(=O)c1cc(OC(F)F)ccc1F)c1cnccn1. The molecule has 0 unspecified atom stereocenters. The van der Waals surface area contributed by atoms with Gasteiger partial charge in [0.1, 0.15) is 11.6 Å². The summed E-state index contributed by atoms with van der Waals surface area (Å²) in [6.45, 7) is 0.777. The number of rotatable bonds is 6. The smallest absolute Gasteiger partial charge is 0.387 e. The van der Waals surface area contributed by atoms with E-state index in [0.717, 1.165) is 18.2 Å². The van der Waals surface area contributed by atoms with Crippen LogP contribution in [0.4, 0.5) is 13.2 Å². The molecule has 128 valence electrons. The Morgan fingerprint density at radius 3 is 2.71 bits per heavy atom. The molecule has 0 aliphatic carbocycles. The number of amides is 1. The molecule has 0 fully saturated rings. The van der Waals surface area contributed by atoms with E-state index < -0.39 is 23.8 Å². The van der Waals surface area contributed by atoms with Crippen molar-refractivity contribution in [1.29, 1.82) is 0 Å². The maximum atomic E-state index is 13.8.